The van der Waals surface area contributed by atoms with Crippen molar-refractivity contribution in [2.24, 2.45) is 17.8 Å². The monoisotopic (exact) mass is 226 g/mol. The average Bonchev–Trinajstić information content (AvgIpc) is 2.25. The summed E-state index contributed by atoms with van der Waals surface area (Å²) >= 11 is 0. The first-order valence-corrected chi connectivity index (χ1v) is 7.65. The second-order valence-electron chi connectivity index (χ2n) is 5.80. The highest BCUT2D eigenvalue weighted by Crippen LogP contribution is 2.29. The zero-order valence-electron chi connectivity index (χ0n) is 12.4. The van der Waals surface area contributed by atoms with E-state index in [0.717, 1.165) is 17.8 Å². The molecular formula is C16H34. The van der Waals surface area contributed by atoms with Crippen molar-refractivity contribution in [1.82, 2.24) is 0 Å². The van der Waals surface area contributed by atoms with Crippen LogP contribution in [-0.2, 0) is 0 Å². The zero-order chi connectivity index (χ0) is 12.4. The summed E-state index contributed by atoms with van der Waals surface area (Å²) in [6.45, 7) is 11.7. The molecule has 98 valence electrons. The molecule has 0 heterocycles. The molecule has 0 bridgehead atoms. The first kappa shape index (κ1) is 16.0. The molecule has 0 heteroatoms. The van der Waals surface area contributed by atoms with Crippen LogP contribution >= 0.6 is 0 Å². The topological polar surface area (TPSA) is 0 Å². The number of hydrogen-bond acceptors (Lipinski definition) is 0. The molecule has 0 radical (unpaired) electrons. The Bertz CT molecular complexity index is 133. The fourth-order valence-corrected chi connectivity index (χ4v) is 2.90. The van der Waals surface area contributed by atoms with Gasteiger partial charge in [-0.3, -0.25) is 0 Å². The summed E-state index contributed by atoms with van der Waals surface area (Å²) in [7, 11) is 0. The van der Waals surface area contributed by atoms with E-state index in [9.17, 15) is 0 Å². The van der Waals surface area contributed by atoms with Gasteiger partial charge in [-0.15, -0.1) is 0 Å². The first-order valence-electron chi connectivity index (χ1n) is 7.65. The van der Waals surface area contributed by atoms with Crippen LogP contribution in [0.1, 0.15) is 86.0 Å². The van der Waals surface area contributed by atoms with Gasteiger partial charge in [-0.25, -0.2) is 0 Å². The lowest BCUT2D eigenvalue weighted by atomic mass is 9.81. The molecule has 0 amide bonds. The minimum atomic E-state index is 0.887. The SMILES string of the molecule is CCCC(CCCCC(C)C)C(CC)CC. The van der Waals surface area contributed by atoms with E-state index >= 15 is 0 Å². The molecule has 0 fully saturated rings. The lowest BCUT2D eigenvalue weighted by Crippen LogP contribution is -2.13. The maximum absolute atomic E-state index is 2.37. The van der Waals surface area contributed by atoms with E-state index in [1.165, 1.54) is 51.4 Å². The van der Waals surface area contributed by atoms with Crippen LogP contribution in [0.15, 0.2) is 0 Å². The predicted octanol–water partition coefficient (Wildman–Crippen LogP) is 6.06. The molecule has 16 heavy (non-hydrogen) atoms. The van der Waals surface area contributed by atoms with Crippen molar-refractivity contribution in [3.63, 3.8) is 0 Å². The van der Waals surface area contributed by atoms with E-state index in [1.807, 2.05) is 0 Å². The number of rotatable bonds is 10. The second kappa shape index (κ2) is 10.2. The lowest BCUT2D eigenvalue weighted by molar-refractivity contribution is 0.266. The van der Waals surface area contributed by atoms with Crippen molar-refractivity contribution in [2.75, 3.05) is 0 Å². The minimum absolute atomic E-state index is 0.887. The molecule has 0 saturated heterocycles. The Kier molecular flexibility index (Phi) is 10.2. The average molecular weight is 226 g/mol. The van der Waals surface area contributed by atoms with E-state index < -0.39 is 0 Å². The lowest BCUT2D eigenvalue weighted by Gasteiger charge is -2.25. The summed E-state index contributed by atoms with van der Waals surface area (Å²) < 4.78 is 0. The third-order valence-corrected chi connectivity index (χ3v) is 3.98. The Morgan fingerprint density at radius 2 is 1.25 bits per heavy atom. The van der Waals surface area contributed by atoms with Gasteiger partial charge in [-0.2, -0.15) is 0 Å². The van der Waals surface area contributed by atoms with Gasteiger partial charge < -0.3 is 0 Å². The molecule has 0 rings (SSSR count). The van der Waals surface area contributed by atoms with Crippen LogP contribution < -0.4 is 0 Å². The van der Waals surface area contributed by atoms with Gasteiger partial charge in [0.05, 0.1) is 0 Å². The summed E-state index contributed by atoms with van der Waals surface area (Å²) in [6, 6.07) is 0. The van der Waals surface area contributed by atoms with Crippen LogP contribution in [0.2, 0.25) is 0 Å². The molecule has 0 aliphatic rings. The van der Waals surface area contributed by atoms with Crippen LogP contribution in [0.5, 0.6) is 0 Å². The van der Waals surface area contributed by atoms with Crippen molar-refractivity contribution in [2.45, 2.75) is 86.0 Å². The minimum Gasteiger partial charge on any atom is -0.0654 e. The summed E-state index contributed by atoms with van der Waals surface area (Å²) in [5.41, 5.74) is 0. The molecule has 0 saturated carbocycles. The van der Waals surface area contributed by atoms with E-state index in [-0.39, 0.29) is 0 Å². The standard InChI is InChI=1S/C16H34/c1-6-11-16(15(7-2)8-3)13-10-9-12-14(4)5/h14-16H,6-13H2,1-5H3. The smallest absolute Gasteiger partial charge is 0.0386 e. The maximum Gasteiger partial charge on any atom is -0.0386 e. The van der Waals surface area contributed by atoms with Gasteiger partial charge in [0.2, 0.25) is 0 Å². The highest BCUT2D eigenvalue weighted by Gasteiger charge is 2.16. The molecule has 0 spiro atoms. The molecule has 0 aromatic heterocycles. The Balaban J connectivity index is 3.83. The quantitative estimate of drug-likeness (QED) is 0.397. The molecule has 0 aromatic rings. The van der Waals surface area contributed by atoms with Gasteiger partial charge in [-0.1, -0.05) is 86.0 Å². The van der Waals surface area contributed by atoms with Crippen LogP contribution in [0, 0.1) is 17.8 Å². The van der Waals surface area contributed by atoms with Crippen molar-refractivity contribution in [1.29, 1.82) is 0 Å². The summed E-state index contributed by atoms with van der Waals surface area (Å²) in [4.78, 5) is 0. The van der Waals surface area contributed by atoms with Crippen LogP contribution in [0.25, 0.3) is 0 Å². The van der Waals surface area contributed by atoms with E-state index in [1.54, 1.807) is 0 Å². The van der Waals surface area contributed by atoms with Gasteiger partial charge in [0.1, 0.15) is 0 Å². The third-order valence-electron chi connectivity index (χ3n) is 3.98. The predicted molar refractivity (Wildman–Crippen MR) is 75.8 cm³/mol. The van der Waals surface area contributed by atoms with Gasteiger partial charge in [0.25, 0.3) is 0 Å². The van der Waals surface area contributed by atoms with Gasteiger partial charge >= 0.3 is 0 Å². The van der Waals surface area contributed by atoms with Gasteiger partial charge in [0, 0.05) is 0 Å². The van der Waals surface area contributed by atoms with Crippen molar-refractivity contribution < 1.29 is 0 Å². The first-order chi connectivity index (χ1) is 7.65. The zero-order valence-corrected chi connectivity index (χ0v) is 12.4. The Morgan fingerprint density at radius 1 is 0.688 bits per heavy atom. The van der Waals surface area contributed by atoms with Crippen LogP contribution in [0.4, 0.5) is 0 Å². The molecular weight excluding hydrogens is 192 g/mol. The summed E-state index contributed by atoms with van der Waals surface area (Å²) in [5.74, 6) is 2.88. The fraction of sp³-hybridized carbons (Fsp3) is 1.00. The van der Waals surface area contributed by atoms with Crippen LogP contribution in [0.3, 0.4) is 0 Å². The Hall–Kier alpha value is 0. The molecule has 0 aliphatic carbocycles. The van der Waals surface area contributed by atoms with Crippen molar-refractivity contribution in [3.8, 4) is 0 Å². The summed E-state index contributed by atoms with van der Waals surface area (Å²) in [5, 5.41) is 0. The summed E-state index contributed by atoms with van der Waals surface area (Å²) in [6.07, 6.45) is 11.4. The highest BCUT2D eigenvalue weighted by molar-refractivity contribution is 4.68. The third kappa shape index (κ3) is 7.30. The Labute approximate surface area is 104 Å². The molecule has 1 atom stereocenters. The molecule has 0 N–H and O–H groups in total. The highest BCUT2D eigenvalue weighted by atomic mass is 14.2. The van der Waals surface area contributed by atoms with Gasteiger partial charge in [0.15, 0.2) is 0 Å². The largest absolute Gasteiger partial charge is 0.0654 e. The fourth-order valence-electron chi connectivity index (χ4n) is 2.90. The molecule has 1 unspecified atom stereocenters. The van der Waals surface area contributed by atoms with E-state index in [0.29, 0.717) is 0 Å². The molecule has 0 aromatic carbocycles. The van der Waals surface area contributed by atoms with Crippen LogP contribution in [-0.4, -0.2) is 0 Å². The van der Waals surface area contributed by atoms with Crippen molar-refractivity contribution >= 4 is 0 Å². The normalized spacial score (nSPS) is 13.7. The number of unbranched alkanes of at least 4 members (excludes halogenated alkanes) is 1. The Morgan fingerprint density at radius 3 is 1.69 bits per heavy atom. The van der Waals surface area contributed by atoms with Crippen molar-refractivity contribution in [3.05, 3.63) is 0 Å². The van der Waals surface area contributed by atoms with Gasteiger partial charge in [-0.05, 0) is 17.8 Å². The van der Waals surface area contributed by atoms with E-state index in [4.69, 9.17) is 0 Å². The second-order valence-corrected chi connectivity index (χ2v) is 5.80. The maximum atomic E-state index is 2.37. The molecule has 0 nitrogen and oxygen atoms in total. The molecule has 0 aliphatic heterocycles. The van der Waals surface area contributed by atoms with E-state index in [2.05, 4.69) is 34.6 Å². The number of hydrogen-bond donors (Lipinski definition) is 0.